The predicted octanol–water partition coefficient (Wildman–Crippen LogP) is 6.90. The van der Waals surface area contributed by atoms with Gasteiger partial charge >= 0.3 is 0 Å². The Balaban J connectivity index is 0.000000244. The minimum atomic E-state index is 0.318. The molecule has 8 heteroatoms. The van der Waals surface area contributed by atoms with Gasteiger partial charge in [0.25, 0.3) is 0 Å². The number of nitrogens with one attached hydrogen (secondary N) is 4. The molecule has 0 aliphatic heterocycles. The molecular formula is C30H46N8. The Bertz CT molecular complexity index is 1060. The lowest BCUT2D eigenvalue weighted by Gasteiger charge is -2.37. The number of anilines is 4. The van der Waals surface area contributed by atoms with Gasteiger partial charge in [-0.1, -0.05) is 30.3 Å². The first-order valence-electron chi connectivity index (χ1n) is 13.9. The maximum Gasteiger partial charge on any atom is 0.225 e. The highest BCUT2D eigenvalue weighted by molar-refractivity contribution is 5.45. The first-order chi connectivity index (χ1) is 18.1. The van der Waals surface area contributed by atoms with Crippen LogP contribution >= 0.6 is 0 Å². The van der Waals surface area contributed by atoms with E-state index in [1.54, 1.807) is 6.20 Å². The molecular weight excluding hydrogens is 472 g/mol. The van der Waals surface area contributed by atoms with Crippen LogP contribution in [0.2, 0.25) is 0 Å². The van der Waals surface area contributed by atoms with Crippen LogP contribution in [0, 0.1) is 0 Å². The third-order valence-corrected chi connectivity index (χ3v) is 5.99. The highest BCUT2D eigenvalue weighted by Gasteiger charge is 2.34. The molecule has 0 bridgehead atoms. The van der Waals surface area contributed by atoms with Crippen LogP contribution in [0.25, 0.3) is 0 Å². The summed E-state index contributed by atoms with van der Waals surface area (Å²) in [6, 6.07) is 16.2. The lowest BCUT2D eigenvalue weighted by Crippen LogP contribution is -2.24. The summed E-state index contributed by atoms with van der Waals surface area (Å²) in [7, 11) is 0. The van der Waals surface area contributed by atoms with Crippen molar-refractivity contribution in [3.8, 4) is 0 Å². The Morgan fingerprint density at radius 3 is 1.74 bits per heavy atom. The van der Waals surface area contributed by atoms with E-state index in [4.69, 9.17) is 4.98 Å². The molecule has 1 aliphatic rings. The molecule has 1 aliphatic carbocycles. The third-order valence-electron chi connectivity index (χ3n) is 5.99. The van der Waals surface area contributed by atoms with Gasteiger partial charge in [0.2, 0.25) is 11.9 Å². The zero-order valence-corrected chi connectivity index (χ0v) is 24.3. The molecule has 0 saturated heterocycles. The van der Waals surface area contributed by atoms with Gasteiger partial charge in [0.15, 0.2) is 0 Å². The second-order valence-electron chi connectivity index (χ2n) is 11.2. The number of hydrogen-bond acceptors (Lipinski definition) is 8. The van der Waals surface area contributed by atoms with Gasteiger partial charge in [-0.15, -0.1) is 0 Å². The topological polar surface area (TPSA) is 99.7 Å². The van der Waals surface area contributed by atoms with Crippen molar-refractivity contribution in [2.75, 3.05) is 21.3 Å². The minimum absolute atomic E-state index is 0.318. The van der Waals surface area contributed by atoms with Crippen LogP contribution < -0.4 is 21.3 Å². The van der Waals surface area contributed by atoms with E-state index in [1.807, 2.05) is 6.07 Å². The molecule has 4 N–H and O–H groups in total. The molecule has 4 rings (SSSR count). The Morgan fingerprint density at radius 1 is 0.605 bits per heavy atom. The fourth-order valence-electron chi connectivity index (χ4n) is 4.36. The molecule has 3 aromatic rings. The molecule has 38 heavy (non-hydrogen) atoms. The molecule has 0 radical (unpaired) electrons. The van der Waals surface area contributed by atoms with Gasteiger partial charge in [-0.25, -0.2) is 9.97 Å². The first kappa shape index (κ1) is 29.1. The van der Waals surface area contributed by atoms with Crippen LogP contribution in [0.1, 0.15) is 91.3 Å². The summed E-state index contributed by atoms with van der Waals surface area (Å²) in [5.74, 6) is 4.22. The molecule has 2 aromatic heterocycles. The molecule has 1 fully saturated rings. The maximum atomic E-state index is 4.82. The summed E-state index contributed by atoms with van der Waals surface area (Å²) >= 11 is 0. The highest BCUT2D eigenvalue weighted by atomic mass is 15.2. The fraction of sp³-hybridized carbons (Fsp3) is 0.533. The van der Waals surface area contributed by atoms with E-state index in [-0.39, 0.29) is 0 Å². The average Bonchev–Trinajstić information content (AvgIpc) is 2.78. The molecule has 2 unspecified atom stereocenters. The predicted molar refractivity (Wildman–Crippen MR) is 160 cm³/mol. The SMILES string of the molecule is CC(C)Nc1cc(C2CCC2c2ccccc2)nc(NC(C)C)n1.CC(C)Nc1ccnc(NC(C)C)n1. The van der Waals surface area contributed by atoms with Crippen LogP contribution in [0.4, 0.5) is 23.5 Å². The summed E-state index contributed by atoms with van der Waals surface area (Å²) < 4.78 is 0. The van der Waals surface area contributed by atoms with Crippen LogP contribution in [-0.4, -0.2) is 44.1 Å². The van der Waals surface area contributed by atoms with E-state index in [0.717, 1.165) is 23.3 Å². The van der Waals surface area contributed by atoms with Crippen molar-refractivity contribution < 1.29 is 0 Å². The van der Waals surface area contributed by atoms with E-state index in [0.29, 0.717) is 42.0 Å². The summed E-state index contributed by atoms with van der Waals surface area (Å²) in [6.07, 6.45) is 4.18. The van der Waals surface area contributed by atoms with Crippen molar-refractivity contribution >= 4 is 23.5 Å². The van der Waals surface area contributed by atoms with Crippen molar-refractivity contribution in [3.63, 3.8) is 0 Å². The van der Waals surface area contributed by atoms with Gasteiger partial charge in [0.1, 0.15) is 11.6 Å². The van der Waals surface area contributed by atoms with Crippen LogP contribution in [0.3, 0.4) is 0 Å². The Hall–Kier alpha value is -3.42. The summed E-state index contributed by atoms with van der Waals surface area (Å²) in [4.78, 5) is 17.9. The van der Waals surface area contributed by atoms with E-state index >= 15 is 0 Å². The zero-order chi connectivity index (χ0) is 27.7. The number of rotatable bonds is 10. The van der Waals surface area contributed by atoms with Gasteiger partial charge in [-0.3, -0.25) is 0 Å². The van der Waals surface area contributed by atoms with Crippen molar-refractivity contribution in [3.05, 3.63) is 59.9 Å². The fourth-order valence-corrected chi connectivity index (χ4v) is 4.36. The zero-order valence-electron chi connectivity index (χ0n) is 24.3. The number of aromatic nitrogens is 4. The van der Waals surface area contributed by atoms with Crippen molar-refractivity contribution in [2.45, 2.75) is 104 Å². The van der Waals surface area contributed by atoms with Crippen LogP contribution in [-0.2, 0) is 0 Å². The molecule has 8 nitrogen and oxygen atoms in total. The monoisotopic (exact) mass is 518 g/mol. The summed E-state index contributed by atoms with van der Waals surface area (Å²) in [5, 5.41) is 13.2. The lowest BCUT2D eigenvalue weighted by atomic mass is 9.68. The Labute approximate surface area is 228 Å². The second kappa shape index (κ2) is 13.9. The molecule has 0 amide bonds. The average molecular weight is 519 g/mol. The summed E-state index contributed by atoms with van der Waals surface area (Å²) in [6.45, 7) is 16.8. The van der Waals surface area contributed by atoms with Crippen LogP contribution in [0.15, 0.2) is 48.7 Å². The largest absolute Gasteiger partial charge is 0.368 e. The Kier molecular flexibility index (Phi) is 10.7. The quantitative estimate of drug-likeness (QED) is 0.230. The van der Waals surface area contributed by atoms with Crippen molar-refractivity contribution in [2.24, 2.45) is 0 Å². The normalized spacial score (nSPS) is 16.6. The molecule has 0 spiro atoms. The Morgan fingerprint density at radius 2 is 1.16 bits per heavy atom. The van der Waals surface area contributed by atoms with Gasteiger partial charge in [-0.2, -0.15) is 9.97 Å². The van der Waals surface area contributed by atoms with Crippen molar-refractivity contribution in [1.82, 2.24) is 19.9 Å². The molecule has 2 atom stereocenters. The molecule has 1 aromatic carbocycles. The number of nitrogens with zero attached hydrogens (tertiary/aromatic N) is 4. The van der Waals surface area contributed by atoms with E-state index < -0.39 is 0 Å². The first-order valence-corrected chi connectivity index (χ1v) is 13.9. The van der Waals surface area contributed by atoms with E-state index in [1.165, 1.54) is 18.4 Å². The lowest BCUT2D eigenvalue weighted by molar-refractivity contribution is 0.340. The van der Waals surface area contributed by atoms with E-state index in [2.05, 4.69) is 128 Å². The van der Waals surface area contributed by atoms with Crippen LogP contribution in [0.5, 0.6) is 0 Å². The maximum absolute atomic E-state index is 4.82. The number of hydrogen-bond donors (Lipinski definition) is 4. The smallest absolute Gasteiger partial charge is 0.225 e. The molecule has 206 valence electrons. The minimum Gasteiger partial charge on any atom is -0.368 e. The van der Waals surface area contributed by atoms with Gasteiger partial charge < -0.3 is 21.3 Å². The van der Waals surface area contributed by atoms with Gasteiger partial charge in [0, 0.05) is 42.3 Å². The highest BCUT2D eigenvalue weighted by Crippen LogP contribution is 2.48. The summed E-state index contributed by atoms with van der Waals surface area (Å²) in [5.41, 5.74) is 2.57. The second-order valence-corrected chi connectivity index (χ2v) is 11.2. The van der Waals surface area contributed by atoms with E-state index in [9.17, 15) is 0 Å². The van der Waals surface area contributed by atoms with Gasteiger partial charge in [-0.05, 0) is 85.8 Å². The third kappa shape index (κ3) is 9.15. The van der Waals surface area contributed by atoms with Crippen molar-refractivity contribution in [1.29, 1.82) is 0 Å². The molecule has 2 heterocycles. The standard InChI is InChI=1S/C20H28N4.C10H18N4/c1-13(2)21-19-12-18(23-20(24-19)22-14(3)4)17-11-10-16(17)15-8-6-5-7-9-15;1-7(2)12-9-5-6-11-10(14-9)13-8(3)4/h5-9,12-14,16-17H,10-11H2,1-4H3,(H2,21,22,23,24);5-8H,1-4H3,(H2,11,12,13,14). The van der Waals surface area contributed by atoms with Gasteiger partial charge in [0.05, 0.1) is 5.69 Å². The molecule has 1 saturated carbocycles. The number of benzene rings is 1.